The van der Waals surface area contributed by atoms with Gasteiger partial charge in [0.15, 0.2) is 0 Å². The summed E-state index contributed by atoms with van der Waals surface area (Å²) in [5.74, 6) is -0.0579. The molecule has 1 amide bonds. The number of carbonyl (C=O) groups excluding carboxylic acids is 1. The Morgan fingerprint density at radius 3 is 2.58 bits per heavy atom. The van der Waals surface area contributed by atoms with E-state index in [0.717, 1.165) is 0 Å². The second-order valence-electron chi connectivity index (χ2n) is 6.04. The lowest BCUT2D eigenvalue weighted by Crippen LogP contribution is -2.54. The number of nitrogens with two attached hydrogens (primary N) is 1. The number of ether oxygens (including phenoxy) is 2. The number of nitrogens with zero attached hydrogens (tertiary/aromatic N) is 1. The minimum absolute atomic E-state index is 0.0579. The first-order chi connectivity index (χ1) is 8.87. The maximum Gasteiger partial charge on any atom is 0.232 e. The van der Waals surface area contributed by atoms with Crippen molar-refractivity contribution in [2.45, 2.75) is 31.4 Å². The maximum atomic E-state index is 12.5. The summed E-state index contributed by atoms with van der Waals surface area (Å²) in [5.41, 5.74) is 4.43. The normalized spacial score (nSPS) is 34.2. The van der Waals surface area contributed by atoms with E-state index in [1.54, 1.807) is 11.9 Å². The highest BCUT2D eigenvalue weighted by atomic mass is 16.5. The van der Waals surface area contributed by atoms with E-state index in [2.05, 4.69) is 0 Å². The summed E-state index contributed by atoms with van der Waals surface area (Å²) < 4.78 is 10.5. The van der Waals surface area contributed by atoms with Crippen LogP contribution in [0.4, 0.5) is 0 Å². The van der Waals surface area contributed by atoms with Crippen molar-refractivity contribution < 1.29 is 19.4 Å². The van der Waals surface area contributed by atoms with Gasteiger partial charge in [0.1, 0.15) is 0 Å². The molecule has 0 aromatic carbocycles. The first kappa shape index (κ1) is 14.7. The number of amides is 1. The van der Waals surface area contributed by atoms with Crippen LogP contribution < -0.4 is 5.73 Å². The van der Waals surface area contributed by atoms with Gasteiger partial charge in [0.05, 0.1) is 24.2 Å². The van der Waals surface area contributed by atoms with Gasteiger partial charge in [-0.25, -0.2) is 0 Å². The fourth-order valence-electron chi connectivity index (χ4n) is 2.77. The minimum atomic E-state index is -0.845. The second-order valence-corrected chi connectivity index (χ2v) is 6.04. The fraction of sp³-hybridized carbons (Fsp3) is 0.923. The zero-order chi connectivity index (χ0) is 14.1. The molecule has 2 atom stereocenters. The summed E-state index contributed by atoms with van der Waals surface area (Å²) in [5, 5.41) is 10.4. The van der Waals surface area contributed by atoms with E-state index >= 15 is 0 Å². The Kier molecular flexibility index (Phi) is 4.15. The molecule has 6 heteroatoms. The van der Waals surface area contributed by atoms with Crippen LogP contribution in [0.3, 0.4) is 0 Å². The van der Waals surface area contributed by atoms with Crippen LogP contribution >= 0.6 is 0 Å². The molecule has 2 rings (SSSR count). The number of aliphatic hydroxyl groups is 1. The lowest BCUT2D eigenvalue weighted by atomic mass is 9.83. The molecule has 0 aromatic heterocycles. The van der Waals surface area contributed by atoms with Crippen LogP contribution in [0.2, 0.25) is 0 Å². The summed E-state index contributed by atoms with van der Waals surface area (Å²) in [6, 6.07) is -0.285. The third-order valence-corrected chi connectivity index (χ3v) is 4.31. The molecule has 19 heavy (non-hydrogen) atoms. The van der Waals surface area contributed by atoms with Crippen molar-refractivity contribution in [1.82, 2.24) is 4.90 Å². The predicted octanol–water partition coefficient (Wildman–Crippen LogP) is -0.650. The largest absolute Gasteiger partial charge is 0.388 e. The van der Waals surface area contributed by atoms with Gasteiger partial charge < -0.3 is 25.2 Å². The van der Waals surface area contributed by atoms with Crippen molar-refractivity contribution >= 4 is 5.91 Å². The molecule has 110 valence electrons. The first-order valence-electron chi connectivity index (χ1n) is 6.76. The van der Waals surface area contributed by atoms with Gasteiger partial charge in [-0.2, -0.15) is 0 Å². The van der Waals surface area contributed by atoms with Gasteiger partial charge in [-0.05, 0) is 6.92 Å². The van der Waals surface area contributed by atoms with E-state index < -0.39 is 11.0 Å². The van der Waals surface area contributed by atoms with Crippen LogP contribution in [0.5, 0.6) is 0 Å². The monoisotopic (exact) mass is 272 g/mol. The van der Waals surface area contributed by atoms with Crippen molar-refractivity contribution in [2.75, 3.05) is 40.0 Å². The summed E-state index contributed by atoms with van der Waals surface area (Å²) >= 11 is 0. The zero-order valence-electron chi connectivity index (χ0n) is 11.7. The van der Waals surface area contributed by atoms with Crippen molar-refractivity contribution in [3.63, 3.8) is 0 Å². The molecule has 0 spiro atoms. The lowest BCUT2D eigenvalue weighted by Gasteiger charge is -2.38. The molecular formula is C13H24N2O4. The smallest absolute Gasteiger partial charge is 0.232 e. The van der Waals surface area contributed by atoms with Crippen LogP contribution in [0, 0.1) is 5.41 Å². The minimum Gasteiger partial charge on any atom is -0.388 e. The Balaban J connectivity index is 1.99. The number of hydrogen-bond acceptors (Lipinski definition) is 5. The van der Waals surface area contributed by atoms with E-state index in [1.165, 1.54) is 0 Å². The predicted molar refractivity (Wildman–Crippen MR) is 69.5 cm³/mol. The number of likely N-dealkylation sites (N-methyl/N-ethyl adjacent to an activating group) is 1. The van der Waals surface area contributed by atoms with Crippen LogP contribution in [0.1, 0.15) is 19.8 Å². The molecule has 0 aliphatic carbocycles. The third-order valence-electron chi connectivity index (χ3n) is 4.31. The van der Waals surface area contributed by atoms with Crippen molar-refractivity contribution in [1.29, 1.82) is 0 Å². The molecule has 0 saturated carbocycles. The highest BCUT2D eigenvalue weighted by molar-refractivity contribution is 5.83. The van der Waals surface area contributed by atoms with Crippen molar-refractivity contribution in [2.24, 2.45) is 11.1 Å². The Morgan fingerprint density at radius 2 is 2.05 bits per heavy atom. The van der Waals surface area contributed by atoms with Gasteiger partial charge in [0.2, 0.25) is 5.91 Å². The number of carbonyl (C=O) groups is 1. The van der Waals surface area contributed by atoms with Gasteiger partial charge in [-0.15, -0.1) is 0 Å². The summed E-state index contributed by atoms with van der Waals surface area (Å²) in [6.07, 6.45) is 1.12. The van der Waals surface area contributed by atoms with E-state index in [9.17, 15) is 9.90 Å². The van der Waals surface area contributed by atoms with Gasteiger partial charge in [-0.1, -0.05) is 0 Å². The van der Waals surface area contributed by atoms with Gasteiger partial charge in [-0.3, -0.25) is 4.79 Å². The maximum absolute atomic E-state index is 12.5. The van der Waals surface area contributed by atoms with E-state index in [-0.39, 0.29) is 11.9 Å². The Hall–Kier alpha value is -0.690. The summed E-state index contributed by atoms with van der Waals surface area (Å²) in [7, 11) is 1.71. The third kappa shape index (κ3) is 2.91. The molecule has 2 saturated heterocycles. The first-order valence-corrected chi connectivity index (χ1v) is 6.76. The van der Waals surface area contributed by atoms with Crippen molar-refractivity contribution in [3.8, 4) is 0 Å². The molecule has 2 aliphatic rings. The van der Waals surface area contributed by atoms with Crippen LogP contribution in [-0.4, -0.2) is 67.6 Å². The highest BCUT2D eigenvalue weighted by Gasteiger charge is 2.46. The van der Waals surface area contributed by atoms with Crippen LogP contribution in [0.25, 0.3) is 0 Å². The van der Waals surface area contributed by atoms with Crippen molar-refractivity contribution in [3.05, 3.63) is 0 Å². The Labute approximate surface area is 113 Å². The molecule has 6 nitrogen and oxygen atoms in total. The number of hydrogen-bond donors (Lipinski definition) is 2. The van der Waals surface area contributed by atoms with Gasteiger partial charge in [0, 0.05) is 45.7 Å². The highest BCUT2D eigenvalue weighted by Crippen LogP contribution is 2.30. The molecule has 2 unspecified atom stereocenters. The lowest BCUT2D eigenvalue weighted by molar-refractivity contribution is -0.146. The molecule has 2 fully saturated rings. The molecule has 0 radical (unpaired) electrons. The van der Waals surface area contributed by atoms with E-state index in [1.807, 2.05) is 6.92 Å². The topological polar surface area (TPSA) is 85.0 Å². The van der Waals surface area contributed by atoms with Crippen LogP contribution in [0.15, 0.2) is 0 Å². The van der Waals surface area contributed by atoms with E-state index in [0.29, 0.717) is 45.8 Å². The second kappa shape index (κ2) is 5.36. The van der Waals surface area contributed by atoms with Gasteiger partial charge >= 0.3 is 0 Å². The summed E-state index contributed by atoms with van der Waals surface area (Å²) in [4.78, 5) is 14.1. The molecule has 2 aliphatic heterocycles. The molecule has 0 bridgehead atoms. The Morgan fingerprint density at radius 1 is 1.42 bits per heavy atom. The molecular weight excluding hydrogens is 248 g/mol. The standard InChI is InChI=1S/C13H24N2O4/c1-12(9-19-7-10(12)14)11(16)15(2)8-13(17)3-5-18-6-4-13/h10,17H,3-9,14H2,1-2H3. The zero-order valence-corrected chi connectivity index (χ0v) is 11.7. The van der Waals surface area contributed by atoms with Gasteiger partial charge in [0.25, 0.3) is 0 Å². The Bertz CT molecular complexity index is 344. The average Bonchev–Trinajstić information content (AvgIpc) is 2.70. The molecule has 0 aromatic rings. The number of rotatable bonds is 3. The molecule has 2 heterocycles. The SMILES string of the molecule is CN(CC1(O)CCOCC1)C(=O)C1(C)COCC1N. The average molecular weight is 272 g/mol. The fourth-order valence-corrected chi connectivity index (χ4v) is 2.77. The van der Waals surface area contributed by atoms with Crippen LogP contribution in [-0.2, 0) is 14.3 Å². The van der Waals surface area contributed by atoms with E-state index in [4.69, 9.17) is 15.2 Å². The quantitative estimate of drug-likeness (QED) is 0.713. The molecule has 3 N–H and O–H groups in total. The summed E-state index contributed by atoms with van der Waals surface area (Å²) in [6.45, 7) is 3.99.